The molecule has 0 bridgehead atoms. The Bertz CT molecular complexity index is 508. The summed E-state index contributed by atoms with van der Waals surface area (Å²) in [6.45, 7) is 4.39. The Morgan fingerprint density at radius 1 is 1.47 bits per heavy atom. The molecule has 0 amide bonds. The molecule has 2 heterocycles. The maximum absolute atomic E-state index is 4.57. The van der Waals surface area contributed by atoms with E-state index in [9.17, 15) is 0 Å². The van der Waals surface area contributed by atoms with E-state index in [1.165, 1.54) is 0 Å². The number of anilines is 2. The summed E-state index contributed by atoms with van der Waals surface area (Å²) >= 11 is 1.65. The molecule has 0 fully saturated rings. The summed E-state index contributed by atoms with van der Waals surface area (Å²) in [6, 6.07) is 2.56. The van der Waals surface area contributed by atoms with Crippen LogP contribution in [0.1, 0.15) is 20.3 Å². The molecule has 0 aliphatic carbocycles. The number of nitrogens with zero attached hydrogens (tertiary/aromatic N) is 3. The zero-order valence-corrected chi connectivity index (χ0v) is 11.5. The van der Waals surface area contributed by atoms with Crippen molar-refractivity contribution in [3.63, 3.8) is 0 Å². The molecule has 2 aromatic rings. The van der Waals surface area contributed by atoms with E-state index in [0.717, 1.165) is 22.5 Å². The Hall–Kier alpha value is -1.36. The van der Waals surface area contributed by atoms with Crippen molar-refractivity contribution in [1.82, 2.24) is 9.97 Å². The molecule has 17 heavy (non-hydrogen) atoms. The van der Waals surface area contributed by atoms with E-state index >= 15 is 0 Å². The zero-order chi connectivity index (χ0) is 12.4. The highest BCUT2D eigenvalue weighted by molar-refractivity contribution is 7.16. The van der Waals surface area contributed by atoms with Gasteiger partial charge in [-0.05, 0) is 24.8 Å². The number of rotatable bonds is 4. The van der Waals surface area contributed by atoms with Crippen LogP contribution >= 0.6 is 11.3 Å². The van der Waals surface area contributed by atoms with Gasteiger partial charge in [-0.2, -0.15) is 4.98 Å². The Morgan fingerprint density at radius 3 is 2.88 bits per heavy atom. The molecule has 0 aliphatic heterocycles. The van der Waals surface area contributed by atoms with E-state index in [1.54, 1.807) is 11.3 Å². The summed E-state index contributed by atoms with van der Waals surface area (Å²) < 4.78 is 0. The van der Waals surface area contributed by atoms with Crippen molar-refractivity contribution in [2.45, 2.75) is 26.3 Å². The first kappa shape index (κ1) is 12.1. The van der Waals surface area contributed by atoms with E-state index < -0.39 is 0 Å². The third-order valence-corrected chi connectivity index (χ3v) is 3.92. The molecular weight excluding hydrogens is 232 g/mol. The highest BCUT2D eigenvalue weighted by atomic mass is 32.1. The van der Waals surface area contributed by atoms with E-state index in [2.05, 4.69) is 52.5 Å². The minimum Gasteiger partial charge on any atom is -0.357 e. The molecule has 4 nitrogen and oxygen atoms in total. The first-order valence-corrected chi connectivity index (χ1v) is 6.71. The summed E-state index contributed by atoms with van der Waals surface area (Å²) in [5, 5.41) is 6.22. The van der Waals surface area contributed by atoms with E-state index in [1.807, 2.05) is 7.05 Å². The van der Waals surface area contributed by atoms with Gasteiger partial charge in [0, 0.05) is 20.1 Å². The first-order chi connectivity index (χ1) is 8.17. The number of aromatic nitrogens is 2. The van der Waals surface area contributed by atoms with Gasteiger partial charge >= 0.3 is 0 Å². The van der Waals surface area contributed by atoms with Crippen molar-refractivity contribution in [1.29, 1.82) is 0 Å². The highest BCUT2D eigenvalue weighted by Crippen LogP contribution is 2.29. The molecule has 2 rings (SSSR count). The second kappa shape index (κ2) is 4.87. The lowest BCUT2D eigenvalue weighted by atomic mass is 10.2. The molecule has 0 saturated heterocycles. The minimum absolute atomic E-state index is 0.470. The molecule has 0 spiro atoms. The Balaban J connectivity index is 2.53. The Kier molecular flexibility index (Phi) is 3.47. The van der Waals surface area contributed by atoms with Crippen LogP contribution in [0.4, 0.5) is 11.8 Å². The number of hydrogen-bond acceptors (Lipinski definition) is 5. The third kappa shape index (κ3) is 2.20. The van der Waals surface area contributed by atoms with E-state index in [-0.39, 0.29) is 0 Å². The topological polar surface area (TPSA) is 41.1 Å². The molecule has 1 atom stereocenters. The summed E-state index contributed by atoms with van der Waals surface area (Å²) in [5.74, 6) is 1.69. The fourth-order valence-electron chi connectivity index (χ4n) is 1.70. The van der Waals surface area contributed by atoms with Crippen LogP contribution < -0.4 is 10.2 Å². The van der Waals surface area contributed by atoms with E-state index in [0.29, 0.717) is 12.0 Å². The second-order valence-electron chi connectivity index (χ2n) is 4.13. The van der Waals surface area contributed by atoms with Crippen molar-refractivity contribution >= 4 is 33.3 Å². The van der Waals surface area contributed by atoms with Crippen LogP contribution in [0.3, 0.4) is 0 Å². The van der Waals surface area contributed by atoms with Gasteiger partial charge in [-0.1, -0.05) is 6.92 Å². The van der Waals surface area contributed by atoms with Gasteiger partial charge in [-0.15, -0.1) is 11.3 Å². The molecule has 1 unspecified atom stereocenters. The normalized spacial score (nSPS) is 12.7. The van der Waals surface area contributed by atoms with Crippen LogP contribution in [0.25, 0.3) is 10.2 Å². The quantitative estimate of drug-likeness (QED) is 0.905. The third-order valence-electron chi connectivity index (χ3n) is 3.11. The predicted octanol–water partition coefficient (Wildman–Crippen LogP) is 2.97. The van der Waals surface area contributed by atoms with E-state index in [4.69, 9.17) is 0 Å². The minimum atomic E-state index is 0.470. The summed E-state index contributed by atoms with van der Waals surface area (Å²) in [5.41, 5.74) is 0. The monoisotopic (exact) mass is 250 g/mol. The van der Waals surface area contributed by atoms with Crippen molar-refractivity contribution in [2.24, 2.45) is 0 Å². The maximum Gasteiger partial charge on any atom is 0.225 e. The van der Waals surface area contributed by atoms with Crippen molar-refractivity contribution in [2.75, 3.05) is 24.3 Å². The van der Waals surface area contributed by atoms with Gasteiger partial charge in [0.05, 0.1) is 5.39 Å². The molecule has 0 aromatic carbocycles. The van der Waals surface area contributed by atoms with Gasteiger partial charge in [0.25, 0.3) is 0 Å². The maximum atomic E-state index is 4.57. The zero-order valence-electron chi connectivity index (χ0n) is 10.7. The fourth-order valence-corrected chi connectivity index (χ4v) is 2.46. The van der Waals surface area contributed by atoms with Crippen LogP contribution in [0, 0.1) is 0 Å². The SMILES string of the molecule is CCC(C)N(C)c1nc(NC)nc2sccc12. The van der Waals surface area contributed by atoms with Gasteiger partial charge in [0.2, 0.25) is 5.95 Å². The van der Waals surface area contributed by atoms with Gasteiger partial charge < -0.3 is 10.2 Å². The highest BCUT2D eigenvalue weighted by Gasteiger charge is 2.15. The molecule has 5 heteroatoms. The number of hydrogen-bond donors (Lipinski definition) is 1. The average molecular weight is 250 g/mol. The lowest BCUT2D eigenvalue weighted by Gasteiger charge is -2.25. The summed E-state index contributed by atoms with van der Waals surface area (Å²) in [4.78, 5) is 12.3. The smallest absolute Gasteiger partial charge is 0.225 e. The Labute approximate surface area is 106 Å². The lowest BCUT2D eigenvalue weighted by molar-refractivity contribution is 0.659. The Morgan fingerprint density at radius 2 is 2.24 bits per heavy atom. The summed E-state index contributed by atoms with van der Waals surface area (Å²) in [6.07, 6.45) is 1.10. The van der Waals surface area contributed by atoms with Gasteiger partial charge in [0.15, 0.2) is 0 Å². The van der Waals surface area contributed by atoms with Crippen LogP contribution in [0.5, 0.6) is 0 Å². The number of fused-ring (bicyclic) bond motifs is 1. The standard InChI is InChI=1S/C12H18N4S/c1-5-8(2)16(4)10-9-6-7-17-11(9)15-12(13-3)14-10/h6-8H,5H2,1-4H3,(H,13,14,15). The second-order valence-corrected chi connectivity index (χ2v) is 5.02. The van der Waals surface area contributed by atoms with Crippen molar-refractivity contribution in [3.05, 3.63) is 11.4 Å². The molecule has 0 radical (unpaired) electrons. The number of thiophene rings is 1. The fraction of sp³-hybridized carbons (Fsp3) is 0.500. The molecule has 1 N–H and O–H groups in total. The largest absolute Gasteiger partial charge is 0.357 e. The van der Waals surface area contributed by atoms with Gasteiger partial charge in [-0.3, -0.25) is 0 Å². The van der Waals surface area contributed by atoms with Crippen molar-refractivity contribution in [3.8, 4) is 0 Å². The molecule has 92 valence electrons. The lowest BCUT2D eigenvalue weighted by Crippen LogP contribution is -2.29. The number of nitrogens with one attached hydrogen (secondary N) is 1. The molecule has 0 aliphatic rings. The van der Waals surface area contributed by atoms with Gasteiger partial charge in [0.1, 0.15) is 10.6 Å². The van der Waals surface area contributed by atoms with Crippen LogP contribution in [0.15, 0.2) is 11.4 Å². The van der Waals surface area contributed by atoms with Crippen molar-refractivity contribution < 1.29 is 0 Å². The molecule has 0 saturated carbocycles. The van der Waals surface area contributed by atoms with Crippen LogP contribution in [-0.2, 0) is 0 Å². The van der Waals surface area contributed by atoms with Crippen LogP contribution in [0.2, 0.25) is 0 Å². The van der Waals surface area contributed by atoms with Crippen LogP contribution in [-0.4, -0.2) is 30.1 Å². The molecule has 2 aromatic heterocycles. The molecular formula is C12H18N4S. The predicted molar refractivity (Wildman–Crippen MR) is 75.1 cm³/mol. The van der Waals surface area contributed by atoms with Gasteiger partial charge in [-0.25, -0.2) is 4.98 Å². The average Bonchev–Trinajstić information content (AvgIpc) is 2.83. The summed E-state index contributed by atoms with van der Waals surface area (Å²) in [7, 11) is 3.94. The first-order valence-electron chi connectivity index (χ1n) is 5.83.